The molecule has 0 spiro atoms. The summed E-state index contributed by atoms with van der Waals surface area (Å²) in [5.74, 6) is 0.578. The van der Waals surface area contributed by atoms with E-state index in [2.05, 4.69) is 4.98 Å². The predicted molar refractivity (Wildman–Crippen MR) is 145 cm³/mol. The van der Waals surface area contributed by atoms with Gasteiger partial charge < -0.3 is 24.4 Å². The first-order chi connectivity index (χ1) is 18.3. The molecule has 0 saturated carbocycles. The number of hydrogen-bond acceptors (Lipinski definition) is 6. The highest BCUT2D eigenvalue weighted by molar-refractivity contribution is 5.98. The molecular weight excluding hydrogens is 482 g/mol. The quantitative estimate of drug-likeness (QED) is 0.490. The lowest BCUT2D eigenvalue weighted by Crippen LogP contribution is -2.50. The zero-order valence-corrected chi connectivity index (χ0v) is 22.3. The summed E-state index contributed by atoms with van der Waals surface area (Å²) in [6.07, 6.45) is 1.57. The second-order valence-electron chi connectivity index (χ2n) is 9.86. The molecule has 8 heteroatoms. The molecule has 8 nitrogen and oxygen atoms in total. The van der Waals surface area contributed by atoms with Crippen molar-refractivity contribution in [2.45, 2.75) is 32.4 Å². The summed E-state index contributed by atoms with van der Waals surface area (Å²) in [4.78, 5) is 34.5. The molecule has 0 aliphatic carbocycles. The van der Waals surface area contributed by atoms with E-state index in [0.29, 0.717) is 25.1 Å². The summed E-state index contributed by atoms with van der Waals surface area (Å²) >= 11 is 0. The van der Waals surface area contributed by atoms with Crippen LogP contribution in [-0.4, -0.2) is 77.7 Å². The number of benzene rings is 2. The van der Waals surface area contributed by atoms with Crippen molar-refractivity contribution in [3.63, 3.8) is 0 Å². The van der Waals surface area contributed by atoms with E-state index in [0.717, 1.165) is 22.4 Å². The molecule has 38 heavy (non-hydrogen) atoms. The van der Waals surface area contributed by atoms with Gasteiger partial charge in [-0.15, -0.1) is 0 Å². The lowest BCUT2D eigenvalue weighted by atomic mass is 9.99. The molecule has 3 aromatic rings. The van der Waals surface area contributed by atoms with Crippen molar-refractivity contribution in [1.29, 1.82) is 0 Å². The van der Waals surface area contributed by atoms with Crippen LogP contribution < -0.4 is 9.47 Å². The van der Waals surface area contributed by atoms with Crippen LogP contribution in [0.1, 0.15) is 29.8 Å². The monoisotopic (exact) mass is 517 g/mol. The molecule has 2 aromatic carbocycles. The van der Waals surface area contributed by atoms with Crippen LogP contribution in [0.25, 0.3) is 11.1 Å². The fourth-order valence-corrected chi connectivity index (χ4v) is 4.54. The minimum atomic E-state index is -0.403. The summed E-state index contributed by atoms with van der Waals surface area (Å²) < 4.78 is 11.6. The number of amides is 2. The Morgan fingerprint density at radius 3 is 2.55 bits per heavy atom. The highest BCUT2D eigenvalue weighted by atomic mass is 16.5. The van der Waals surface area contributed by atoms with Crippen LogP contribution in [0.5, 0.6) is 11.6 Å². The van der Waals surface area contributed by atoms with E-state index in [9.17, 15) is 14.7 Å². The van der Waals surface area contributed by atoms with Gasteiger partial charge >= 0.3 is 0 Å². The largest absolute Gasteiger partial charge is 0.497 e. The number of ether oxygens (including phenoxy) is 2. The lowest BCUT2D eigenvalue weighted by Gasteiger charge is -2.37. The number of carbonyl (C=O) groups excluding carboxylic acids is 2. The van der Waals surface area contributed by atoms with E-state index in [4.69, 9.17) is 9.47 Å². The van der Waals surface area contributed by atoms with Gasteiger partial charge in [-0.2, -0.15) is 0 Å². The Hall–Kier alpha value is -3.91. The number of aliphatic hydroxyl groups excluding tert-OH is 1. The minimum Gasteiger partial charge on any atom is -0.497 e. The fourth-order valence-electron chi connectivity index (χ4n) is 4.54. The van der Waals surface area contributed by atoms with E-state index in [-0.39, 0.29) is 30.2 Å². The normalized spacial score (nSPS) is 18.0. The van der Waals surface area contributed by atoms with Gasteiger partial charge in [0.15, 0.2) is 0 Å². The molecule has 0 saturated heterocycles. The Labute approximate surface area is 223 Å². The molecule has 200 valence electrons. The predicted octanol–water partition coefficient (Wildman–Crippen LogP) is 3.68. The zero-order chi connectivity index (χ0) is 27.2. The Morgan fingerprint density at radius 1 is 1.18 bits per heavy atom. The standard InChI is InChI=1S/C30H35N3O5/c1-20-17-33(21(2)19-34)30(36)26-15-24(23-10-12-25(37-4)13-11-23)16-31-29(26)38-27(20)18-32(3)28(35)14-22-8-6-5-7-9-22/h5-13,15-16,20-21,27,34H,14,17-19H2,1-4H3/t20-,21-,27+/m1/s1. The Balaban J connectivity index is 1.63. The summed E-state index contributed by atoms with van der Waals surface area (Å²) in [7, 11) is 3.37. The number of pyridine rings is 1. The molecule has 0 fully saturated rings. The van der Waals surface area contributed by atoms with Gasteiger partial charge in [-0.25, -0.2) is 4.98 Å². The Kier molecular flexibility index (Phi) is 8.63. The Morgan fingerprint density at radius 2 is 1.89 bits per heavy atom. The van der Waals surface area contributed by atoms with Gasteiger partial charge in [0.1, 0.15) is 17.4 Å². The summed E-state index contributed by atoms with van der Waals surface area (Å²) in [5.41, 5.74) is 2.92. The third kappa shape index (κ3) is 6.14. The lowest BCUT2D eigenvalue weighted by molar-refractivity contribution is -0.130. The molecule has 3 atom stereocenters. The molecular formula is C30H35N3O5. The molecule has 1 aliphatic heterocycles. The van der Waals surface area contributed by atoms with Crippen LogP contribution in [0, 0.1) is 5.92 Å². The van der Waals surface area contributed by atoms with Crippen molar-refractivity contribution >= 4 is 11.8 Å². The van der Waals surface area contributed by atoms with Gasteiger partial charge in [-0.3, -0.25) is 9.59 Å². The van der Waals surface area contributed by atoms with Crippen molar-refractivity contribution in [1.82, 2.24) is 14.8 Å². The van der Waals surface area contributed by atoms with E-state index >= 15 is 0 Å². The third-order valence-corrected chi connectivity index (χ3v) is 7.02. The molecule has 2 amide bonds. The summed E-state index contributed by atoms with van der Waals surface area (Å²) in [6.45, 7) is 4.35. The summed E-state index contributed by atoms with van der Waals surface area (Å²) in [6, 6.07) is 18.5. The topological polar surface area (TPSA) is 92.2 Å². The van der Waals surface area contributed by atoms with Crippen molar-refractivity contribution in [2.75, 3.05) is 33.9 Å². The third-order valence-electron chi connectivity index (χ3n) is 7.02. The average molecular weight is 518 g/mol. The van der Waals surface area contributed by atoms with Crippen molar-refractivity contribution < 1.29 is 24.2 Å². The van der Waals surface area contributed by atoms with E-state index in [1.54, 1.807) is 36.2 Å². The van der Waals surface area contributed by atoms with Crippen LogP contribution in [-0.2, 0) is 11.2 Å². The van der Waals surface area contributed by atoms with Crippen LogP contribution in [0.3, 0.4) is 0 Å². The summed E-state index contributed by atoms with van der Waals surface area (Å²) in [5, 5.41) is 9.90. The second-order valence-corrected chi connectivity index (χ2v) is 9.86. The van der Waals surface area contributed by atoms with Crippen LogP contribution in [0.2, 0.25) is 0 Å². The van der Waals surface area contributed by atoms with Crippen LogP contribution in [0.4, 0.5) is 0 Å². The molecule has 4 rings (SSSR count). The van der Waals surface area contributed by atoms with Crippen LogP contribution >= 0.6 is 0 Å². The van der Waals surface area contributed by atoms with Crippen LogP contribution in [0.15, 0.2) is 66.9 Å². The van der Waals surface area contributed by atoms with Gasteiger partial charge in [-0.05, 0) is 36.2 Å². The van der Waals surface area contributed by atoms with Gasteiger partial charge in [0.2, 0.25) is 11.8 Å². The minimum absolute atomic E-state index is 0.0197. The number of aromatic nitrogens is 1. The van der Waals surface area contributed by atoms with Crippen molar-refractivity contribution in [3.8, 4) is 22.8 Å². The van der Waals surface area contributed by atoms with E-state index in [1.807, 2.05) is 68.4 Å². The zero-order valence-electron chi connectivity index (χ0n) is 22.3. The highest BCUT2D eigenvalue weighted by Gasteiger charge is 2.34. The number of fused-ring (bicyclic) bond motifs is 1. The number of carbonyl (C=O) groups is 2. The fraction of sp³-hybridized carbons (Fsp3) is 0.367. The molecule has 1 N–H and O–H groups in total. The second kappa shape index (κ2) is 12.1. The van der Waals surface area contributed by atoms with Crippen molar-refractivity contribution in [2.24, 2.45) is 5.92 Å². The van der Waals surface area contributed by atoms with Gasteiger partial charge in [0.05, 0.1) is 32.7 Å². The van der Waals surface area contributed by atoms with Gasteiger partial charge in [0.25, 0.3) is 5.91 Å². The number of likely N-dealkylation sites (N-methyl/N-ethyl adjacent to an activating group) is 1. The molecule has 0 bridgehead atoms. The van der Waals surface area contributed by atoms with Crippen molar-refractivity contribution in [3.05, 3.63) is 78.0 Å². The molecule has 0 radical (unpaired) electrons. The first-order valence-corrected chi connectivity index (χ1v) is 12.8. The molecule has 0 unspecified atom stereocenters. The Bertz CT molecular complexity index is 1250. The molecule has 1 aromatic heterocycles. The smallest absolute Gasteiger partial charge is 0.259 e. The SMILES string of the molecule is COc1ccc(-c2cnc3c(c2)C(=O)N([C@H](C)CO)C[C@@H](C)[C@H](CN(C)C(=O)Cc2ccccc2)O3)cc1. The average Bonchev–Trinajstić information content (AvgIpc) is 2.94. The van der Waals surface area contributed by atoms with E-state index < -0.39 is 12.1 Å². The van der Waals surface area contributed by atoms with E-state index in [1.165, 1.54) is 0 Å². The number of methoxy groups -OCH3 is 1. The number of rotatable bonds is 8. The number of aliphatic hydroxyl groups is 1. The number of hydrogen-bond donors (Lipinski definition) is 1. The molecule has 1 aliphatic rings. The number of nitrogens with zero attached hydrogens (tertiary/aromatic N) is 3. The maximum absolute atomic E-state index is 13.7. The highest BCUT2D eigenvalue weighted by Crippen LogP contribution is 2.31. The maximum Gasteiger partial charge on any atom is 0.259 e. The van der Waals surface area contributed by atoms with Gasteiger partial charge in [-0.1, -0.05) is 49.4 Å². The first-order valence-electron chi connectivity index (χ1n) is 12.8. The maximum atomic E-state index is 13.7. The first kappa shape index (κ1) is 27.1. The van der Waals surface area contributed by atoms with Gasteiger partial charge in [0, 0.05) is 31.3 Å². The molecule has 2 heterocycles.